The lowest BCUT2D eigenvalue weighted by molar-refractivity contribution is -0.256. The van der Waals surface area contributed by atoms with E-state index in [4.69, 9.17) is 9.47 Å². The van der Waals surface area contributed by atoms with Crippen molar-refractivity contribution < 1.29 is 14.3 Å². The Hall–Kier alpha value is -3.39. The van der Waals surface area contributed by atoms with Crippen molar-refractivity contribution in [3.8, 4) is 0 Å². The number of ether oxygens (including phenoxy) is 2. The van der Waals surface area contributed by atoms with Crippen molar-refractivity contribution in [1.29, 1.82) is 0 Å². The molecule has 3 aromatic carbocycles. The van der Waals surface area contributed by atoms with Gasteiger partial charge in [0.25, 0.3) is 5.91 Å². The summed E-state index contributed by atoms with van der Waals surface area (Å²) >= 11 is 0. The van der Waals surface area contributed by atoms with Gasteiger partial charge in [-0.05, 0) is 31.7 Å². The van der Waals surface area contributed by atoms with Crippen LogP contribution in [0.4, 0.5) is 0 Å². The van der Waals surface area contributed by atoms with Crippen LogP contribution in [-0.2, 0) is 21.7 Å². The molecule has 1 N–H and O–H groups in total. The number of carbonyl (C=O) groups is 1. The van der Waals surface area contributed by atoms with E-state index in [1.165, 1.54) is 0 Å². The number of benzene rings is 3. The van der Waals surface area contributed by atoms with E-state index in [9.17, 15) is 4.79 Å². The fraction of sp³-hybridized carbons (Fsp3) is 0.345. The van der Waals surface area contributed by atoms with Gasteiger partial charge in [0.2, 0.25) is 0 Å². The molecule has 7 nitrogen and oxygen atoms in total. The van der Waals surface area contributed by atoms with Gasteiger partial charge in [-0.15, -0.1) is 0 Å². The highest BCUT2D eigenvalue weighted by molar-refractivity contribution is 6.30. The molecule has 36 heavy (non-hydrogen) atoms. The first-order chi connectivity index (χ1) is 17.5. The van der Waals surface area contributed by atoms with E-state index in [0.29, 0.717) is 6.54 Å². The maximum absolute atomic E-state index is 13.7. The maximum Gasteiger partial charge on any atom is 0.254 e. The van der Waals surface area contributed by atoms with Crippen LogP contribution >= 0.6 is 0 Å². The van der Waals surface area contributed by atoms with Crippen LogP contribution in [0.5, 0.6) is 0 Å². The average molecular weight is 481 g/mol. The van der Waals surface area contributed by atoms with Crippen molar-refractivity contribution in [2.24, 2.45) is 0 Å². The Morgan fingerprint density at radius 3 is 2.44 bits per heavy atom. The Bertz CT molecular complexity index is 1780. The van der Waals surface area contributed by atoms with Crippen LogP contribution in [0.25, 0.3) is 43.6 Å². The van der Waals surface area contributed by atoms with Gasteiger partial charge in [-0.2, -0.15) is 0 Å². The number of nitrogens with zero attached hydrogens (tertiary/aromatic N) is 3. The van der Waals surface area contributed by atoms with Crippen LogP contribution in [0.1, 0.15) is 35.5 Å². The van der Waals surface area contributed by atoms with Gasteiger partial charge in [-0.25, -0.2) is 0 Å². The zero-order chi connectivity index (χ0) is 24.5. The molecule has 0 radical (unpaired) electrons. The number of likely N-dealkylation sites (N-methyl/N-ethyl adjacent to an activating group) is 1. The van der Waals surface area contributed by atoms with E-state index in [1.54, 1.807) is 7.11 Å². The van der Waals surface area contributed by atoms with Gasteiger partial charge in [-0.1, -0.05) is 36.4 Å². The number of para-hydroxylation sites is 2. The normalized spacial score (nSPS) is 27.2. The highest BCUT2D eigenvalue weighted by atomic mass is 16.6. The first kappa shape index (κ1) is 20.8. The summed E-state index contributed by atoms with van der Waals surface area (Å²) in [5.41, 5.74) is 5.61. The second kappa shape index (κ2) is 6.68. The molecule has 0 unspecified atom stereocenters. The molecule has 5 heterocycles. The fourth-order valence-electron chi connectivity index (χ4n) is 7.54. The number of rotatable bonds is 2. The van der Waals surface area contributed by atoms with E-state index < -0.39 is 5.72 Å². The zero-order valence-corrected chi connectivity index (χ0v) is 20.8. The van der Waals surface area contributed by atoms with Gasteiger partial charge < -0.3 is 28.8 Å². The molecule has 2 aromatic heterocycles. The van der Waals surface area contributed by atoms with Crippen LogP contribution in [0.2, 0.25) is 0 Å². The van der Waals surface area contributed by atoms with Crippen molar-refractivity contribution in [1.82, 2.24) is 19.4 Å². The molecule has 8 rings (SSSR count). The first-order valence-electron chi connectivity index (χ1n) is 12.6. The topological polar surface area (TPSA) is 60.7 Å². The fourth-order valence-corrected chi connectivity index (χ4v) is 7.54. The Morgan fingerprint density at radius 1 is 1.03 bits per heavy atom. The van der Waals surface area contributed by atoms with Gasteiger partial charge in [0.15, 0.2) is 5.72 Å². The number of hydrogen-bond acceptors (Lipinski definition) is 4. The Balaban J connectivity index is 1.72. The predicted octanol–water partition coefficient (Wildman–Crippen LogP) is 4.70. The van der Waals surface area contributed by atoms with Gasteiger partial charge in [-0.3, -0.25) is 4.79 Å². The highest BCUT2D eigenvalue weighted by Crippen LogP contribution is 2.54. The minimum Gasteiger partial charge on any atom is -0.375 e. The summed E-state index contributed by atoms with van der Waals surface area (Å²) in [4.78, 5) is 15.5. The number of aromatic nitrogens is 2. The summed E-state index contributed by atoms with van der Waals surface area (Å²) in [5.74, 6) is 0.0915. The van der Waals surface area contributed by atoms with E-state index >= 15 is 0 Å². The lowest BCUT2D eigenvalue weighted by Gasteiger charge is -2.48. The third kappa shape index (κ3) is 2.15. The third-order valence-electron chi connectivity index (χ3n) is 8.90. The zero-order valence-electron chi connectivity index (χ0n) is 20.8. The largest absolute Gasteiger partial charge is 0.375 e. The van der Waals surface area contributed by atoms with Crippen molar-refractivity contribution in [3.05, 3.63) is 59.7 Å². The van der Waals surface area contributed by atoms with E-state index in [0.717, 1.165) is 61.2 Å². The summed E-state index contributed by atoms with van der Waals surface area (Å²) in [7, 11) is 5.68. The molecule has 1 saturated heterocycles. The summed E-state index contributed by atoms with van der Waals surface area (Å²) < 4.78 is 18.0. The van der Waals surface area contributed by atoms with Crippen LogP contribution in [0, 0.1) is 0 Å². The lowest BCUT2D eigenvalue weighted by atomic mass is 9.93. The van der Waals surface area contributed by atoms with Gasteiger partial charge in [0, 0.05) is 54.7 Å². The van der Waals surface area contributed by atoms with Crippen molar-refractivity contribution in [3.63, 3.8) is 0 Å². The van der Waals surface area contributed by atoms with Crippen molar-refractivity contribution >= 4 is 49.5 Å². The quantitative estimate of drug-likeness (QED) is 0.398. The summed E-state index contributed by atoms with van der Waals surface area (Å²) in [6.45, 7) is 2.76. The second-order valence-electron chi connectivity index (χ2n) is 10.6. The van der Waals surface area contributed by atoms with Crippen LogP contribution < -0.4 is 5.32 Å². The number of hydrogen-bond donors (Lipinski definition) is 1. The van der Waals surface area contributed by atoms with Crippen molar-refractivity contribution in [2.45, 2.75) is 44.0 Å². The summed E-state index contributed by atoms with van der Waals surface area (Å²) in [5, 5.41) is 7.98. The molecule has 2 bridgehead atoms. The minimum absolute atomic E-state index is 0.0834. The molecule has 3 aliphatic rings. The molecule has 5 aromatic rings. The number of amides is 1. The Morgan fingerprint density at radius 2 is 1.72 bits per heavy atom. The molecule has 7 heteroatoms. The molecule has 182 valence electrons. The number of carbonyl (C=O) groups excluding carboxylic acids is 1. The van der Waals surface area contributed by atoms with E-state index in [2.05, 4.69) is 69.9 Å². The third-order valence-corrected chi connectivity index (χ3v) is 8.90. The molecule has 0 saturated carbocycles. The molecule has 0 spiro atoms. The summed E-state index contributed by atoms with van der Waals surface area (Å²) in [6.07, 6.45) is 0.338. The molecule has 0 aliphatic carbocycles. The maximum atomic E-state index is 13.7. The molecule has 1 fully saturated rings. The van der Waals surface area contributed by atoms with Gasteiger partial charge >= 0.3 is 0 Å². The molecular weight excluding hydrogens is 452 g/mol. The standard InChI is InChI=1S/C29H28N4O3/c1-29-27(35-4)18(30-2)13-21(36-29)32-19-11-7-5-9-15(19)23-24-17(14-31(3)28(24)34)22-16-10-6-8-12-20(16)33(29)26(22)25(23)32/h5-12,18,21,27,30H,13-14H2,1-4H3/t18-,21-,27-,29+/m1/s1. The molecule has 3 aliphatic heterocycles. The number of methoxy groups -OCH3 is 1. The van der Waals surface area contributed by atoms with Gasteiger partial charge in [0.05, 0.1) is 27.6 Å². The monoisotopic (exact) mass is 480 g/mol. The highest BCUT2D eigenvalue weighted by Gasteiger charge is 2.53. The number of nitrogens with one attached hydrogen (secondary N) is 1. The van der Waals surface area contributed by atoms with E-state index in [-0.39, 0.29) is 24.3 Å². The first-order valence-corrected chi connectivity index (χ1v) is 12.6. The smallest absolute Gasteiger partial charge is 0.254 e. The van der Waals surface area contributed by atoms with Crippen molar-refractivity contribution in [2.75, 3.05) is 21.2 Å². The van der Waals surface area contributed by atoms with Crippen LogP contribution in [-0.4, -0.2) is 53.3 Å². The lowest BCUT2D eigenvalue weighted by Crippen LogP contribution is -2.59. The molecule has 4 atom stereocenters. The number of fused-ring (bicyclic) bond motifs is 13. The molecular formula is C29H28N4O3. The predicted molar refractivity (Wildman–Crippen MR) is 140 cm³/mol. The second-order valence-corrected chi connectivity index (χ2v) is 10.6. The van der Waals surface area contributed by atoms with E-state index in [1.807, 2.05) is 19.0 Å². The Kier molecular flexibility index (Phi) is 3.85. The van der Waals surface area contributed by atoms with Crippen LogP contribution in [0.3, 0.4) is 0 Å². The molecule has 1 amide bonds. The van der Waals surface area contributed by atoms with Gasteiger partial charge in [0.1, 0.15) is 12.3 Å². The van der Waals surface area contributed by atoms with Crippen LogP contribution in [0.15, 0.2) is 48.5 Å². The average Bonchev–Trinajstić information content (AvgIpc) is 3.49. The Labute approximate surface area is 208 Å². The summed E-state index contributed by atoms with van der Waals surface area (Å²) in [6, 6.07) is 17.1. The minimum atomic E-state index is -0.761. The SMILES string of the molecule is CN[C@@H]1C[C@H]2O[C@@](C)([C@@H]1OC)n1c3ccccc3c3c4c(c5c6ccccc6n2c5c31)C(=O)N(C)C4.